The Kier molecular flexibility index (Phi) is 5.78. The highest BCUT2D eigenvalue weighted by Crippen LogP contribution is 2.27. The van der Waals surface area contributed by atoms with Crippen LogP contribution in [0.5, 0.6) is 0 Å². The largest absolute Gasteiger partial charge is 0.467 e. The number of nitrogens with one attached hydrogen (secondary N) is 2. The second kappa shape index (κ2) is 9.06. The third-order valence-corrected chi connectivity index (χ3v) is 6.17. The van der Waals surface area contributed by atoms with E-state index >= 15 is 0 Å². The molecule has 176 valence electrons. The van der Waals surface area contributed by atoms with E-state index in [1.165, 1.54) is 7.11 Å². The predicted molar refractivity (Wildman–Crippen MR) is 134 cm³/mol. The minimum Gasteiger partial charge on any atom is -0.467 e. The number of esters is 1. The van der Waals surface area contributed by atoms with Gasteiger partial charge in [0.05, 0.1) is 29.4 Å². The SMILES string of the molecule is COC(=O)[C@@H](Cc1c[nH]c2ccccc12)NC(=O)c1cc(-c2ccccc2)nc2c1c(C)nn2C. The molecule has 0 unspecified atom stereocenters. The van der Waals surface area contributed by atoms with Gasteiger partial charge in [-0.2, -0.15) is 5.10 Å². The molecule has 0 fully saturated rings. The summed E-state index contributed by atoms with van der Waals surface area (Å²) in [5.74, 6) is -0.902. The number of aromatic amines is 1. The molecule has 0 spiro atoms. The second-order valence-corrected chi connectivity index (χ2v) is 8.44. The molecular formula is C27H25N5O3. The maximum Gasteiger partial charge on any atom is 0.328 e. The first-order chi connectivity index (χ1) is 17.0. The monoisotopic (exact) mass is 467 g/mol. The maximum atomic E-state index is 13.6. The Bertz CT molecular complexity index is 1550. The molecule has 5 rings (SSSR count). The van der Waals surface area contributed by atoms with Gasteiger partial charge in [0, 0.05) is 36.1 Å². The molecule has 0 aliphatic heterocycles. The lowest BCUT2D eigenvalue weighted by atomic mass is 10.0. The molecule has 2 aromatic carbocycles. The van der Waals surface area contributed by atoms with Gasteiger partial charge in [-0.1, -0.05) is 48.5 Å². The van der Waals surface area contributed by atoms with Crippen LogP contribution in [0.3, 0.4) is 0 Å². The van der Waals surface area contributed by atoms with Crippen LogP contribution >= 0.6 is 0 Å². The molecule has 8 heteroatoms. The number of pyridine rings is 1. The third-order valence-electron chi connectivity index (χ3n) is 6.17. The molecule has 35 heavy (non-hydrogen) atoms. The van der Waals surface area contributed by atoms with Crippen LogP contribution in [-0.4, -0.2) is 44.8 Å². The zero-order chi connectivity index (χ0) is 24.5. The van der Waals surface area contributed by atoms with Crippen LogP contribution in [0.25, 0.3) is 33.2 Å². The number of hydrogen-bond acceptors (Lipinski definition) is 5. The number of H-pyrrole nitrogens is 1. The fourth-order valence-corrected chi connectivity index (χ4v) is 4.47. The number of nitrogens with zero attached hydrogens (tertiary/aromatic N) is 3. The molecular weight excluding hydrogens is 442 g/mol. The average molecular weight is 468 g/mol. The molecule has 1 atom stereocenters. The van der Waals surface area contributed by atoms with Crippen LogP contribution in [0.2, 0.25) is 0 Å². The van der Waals surface area contributed by atoms with Crippen molar-refractivity contribution in [1.29, 1.82) is 0 Å². The predicted octanol–water partition coefficient (Wildman–Crippen LogP) is 3.94. The Hall–Kier alpha value is -4.46. The van der Waals surface area contributed by atoms with Crippen LogP contribution < -0.4 is 5.32 Å². The van der Waals surface area contributed by atoms with E-state index in [9.17, 15) is 9.59 Å². The van der Waals surface area contributed by atoms with Gasteiger partial charge in [0.2, 0.25) is 0 Å². The highest BCUT2D eigenvalue weighted by molar-refractivity contribution is 6.08. The van der Waals surface area contributed by atoms with Crippen molar-refractivity contribution in [3.05, 3.63) is 83.7 Å². The number of fused-ring (bicyclic) bond motifs is 2. The molecule has 2 N–H and O–H groups in total. The summed E-state index contributed by atoms with van der Waals surface area (Å²) in [6.45, 7) is 1.84. The number of rotatable bonds is 6. The highest BCUT2D eigenvalue weighted by Gasteiger charge is 2.26. The molecule has 0 saturated heterocycles. The number of para-hydroxylation sites is 1. The van der Waals surface area contributed by atoms with Gasteiger partial charge in [0.15, 0.2) is 5.65 Å². The van der Waals surface area contributed by atoms with Crippen LogP contribution in [0.15, 0.2) is 66.9 Å². The Morgan fingerprint density at radius 2 is 1.86 bits per heavy atom. The third kappa shape index (κ3) is 4.14. The fourth-order valence-electron chi connectivity index (χ4n) is 4.47. The molecule has 0 saturated carbocycles. The number of aryl methyl sites for hydroxylation is 2. The minimum absolute atomic E-state index is 0.286. The van der Waals surface area contributed by atoms with Crippen LogP contribution in [0.4, 0.5) is 0 Å². The van der Waals surface area contributed by atoms with Crippen molar-refractivity contribution in [2.45, 2.75) is 19.4 Å². The van der Waals surface area contributed by atoms with Gasteiger partial charge in [-0.25, -0.2) is 9.78 Å². The average Bonchev–Trinajstić information content (AvgIpc) is 3.42. The summed E-state index contributed by atoms with van der Waals surface area (Å²) in [7, 11) is 3.12. The molecule has 8 nitrogen and oxygen atoms in total. The molecule has 0 aliphatic carbocycles. The number of amides is 1. The van der Waals surface area contributed by atoms with E-state index in [0.29, 0.717) is 28.0 Å². The highest BCUT2D eigenvalue weighted by atomic mass is 16.5. The van der Waals surface area contributed by atoms with Gasteiger partial charge in [-0.3, -0.25) is 9.48 Å². The number of methoxy groups -OCH3 is 1. The number of ether oxygens (including phenoxy) is 1. The first-order valence-electron chi connectivity index (χ1n) is 11.3. The van der Waals surface area contributed by atoms with E-state index in [1.807, 2.05) is 67.7 Å². The zero-order valence-electron chi connectivity index (χ0n) is 19.7. The Morgan fingerprint density at radius 1 is 1.11 bits per heavy atom. The van der Waals surface area contributed by atoms with Gasteiger partial charge in [-0.05, 0) is 24.6 Å². The summed E-state index contributed by atoms with van der Waals surface area (Å²) in [5, 5.41) is 9.02. The normalized spacial score (nSPS) is 12.1. The Labute approximate surface area is 201 Å². The Morgan fingerprint density at radius 3 is 2.63 bits per heavy atom. The van der Waals surface area contributed by atoms with Gasteiger partial charge in [-0.15, -0.1) is 0 Å². The summed E-state index contributed by atoms with van der Waals surface area (Å²) >= 11 is 0. The second-order valence-electron chi connectivity index (χ2n) is 8.44. The van der Waals surface area contributed by atoms with Crippen molar-refractivity contribution in [2.75, 3.05) is 7.11 Å². The van der Waals surface area contributed by atoms with E-state index < -0.39 is 12.0 Å². The van der Waals surface area contributed by atoms with Crippen molar-refractivity contribution < 1.29 is 14.3 Å². The summed E-state index contributed by atoms with van der Waals surface area (Å²) < 4.78 is 6.69. The lowest BCUT2D eigenvalue weighted by Crippen LogP contribution is -2.43. The number of carbonyl (C=O) groups excluding carboxylic acids is 2. The molecule has 3 heterocycles. The van der Waals surface area contributed by atoms with Crippen molar-refractivity contribution >= 4 is 33.8 Å². The quantitative estimate of drug-likeness (QED) is 0.368. The molecule has 0 radical (unpaired) electrons. The van der Waals surface area contributed by atoms with E-state index in [2.05, 4.69) is 15.4 Å². The van der Waals surface area contributed by atoms with E-state index in [0.717, 1.165) is 22.0 Å². The van der Waals surface area contributed by atoms with Crippen molar-refractivity contribution in [3.8, 4) is 11.3 Å². The molecule has 5 aromatic rings. The lowest BCUT2D eigenvalue weighted by Gasteiger charge is -2.17. The smallest absolute Gasteiger partial charge is 0.328 e. The van der Waals surface area contributed by atoms with Crippen molar-refractivity contribution in [3.63, 3.8) is 0 Å². The molecule has 0 bridgehead atoms. The Balaban J connectivity index is 1.54. The van der Waals surface area contributed by atoms with Crippen LogP contribution in [0.1, 0.15) is 21.6 Å². The summed E-state index contributed by atoms with van der Waals surface area (Å²) in [6, 6.07) is 18.4. The number of aromatic nitrogens is 4. The summed E-state index contributed by atoms with van der Waals surface area (Å²) in [4.78, 5) is 34.3. The maximum absolute atomic E-state index is 13.6. The fraction of sp³-hybridized carbons (Fsp3) is 0.185. The number of benzene rings is 2. The van der Waals surface area contributed by atoms with Gasteiger partial charge in [0.25, 0.3) is 5.91 Å². The molecule has 1 amide bonds. The van der Waals surface area contributed by atoms with E-state index in [1.54, 1.807) is 17.8 Å². The first kappa shape index (κ1) is 22.3. The number of hydrogen-bond donors (Lipinski definition) is 2. The van der Waals surface area contributed by atoms with Gasteiger partial charge in [0.1, 0.15) is 6.04 Å². The van der Waals surface area contributed by atoms with Crippen LogP contribution in [0, 0.1) is 6.92 Å². The van der Waals surface area contributed by atoms with Crippen molar-refractivity contribution in [1.82, 2.24) is 25.1 Å². The topological polar surface area (TPSA) is 102 Å². The van der Waals surface area contributed by atoms with E-state index in [-0.39, 0.29) is 12.3 Å². The minimum atomic E-state index is -0.868. The zero-order valence-corrected chi connectivity index (χ0v) is 19.7. The lowest BCUT2D eigenvalue weighted by molar-refractivity contribution is -0.142. The molecule has 0 aliphatic rings. The summed E-state index contributed by atoms with van der Waals surface area (Å²) in [6.07, 6.45) is 2.14. The first-order valence-corrected chi connectivity index (χ1v) is 11.3. The molecule has 3 aromatic heterocycles. The number of carbonyl (C=O) groups is 2. The van der Waals surface area contributed by atoms with Gasteiger partial charge < -0.3 is 15.0 Å². The summed E-state index contributed by atoms with van der Waals surface area (Å²) in [5.41, 5.74) is 5.10. The van der Waals surface area contributed by atoms with Crippen molar-refractivity contribution in [2.24, 2.45) is 7.05 Å². The van der Waals surface area contributed by atoms with Gasteiger partial charge >= 0.3 is 5.97 Å². The van der Waals surface area contributed by atoms with Crippen LogP contribution in [-0.2, 0) is 23.0 Å². The standard InChI is InChI=1S/C27H25N5O3/c1-16-24-20(14-22(17-9-5-4-6-10-17)29-25(24)32(2)31-16)26(33)30-23(27(34)35-3)13-18-15-28-21-12-8-7-11-19(18)21/h4-12,14-15,23,28H,13H2,1-3H3,(H,30,33)/t23-/m1/s1. The van der Waals surface area contributed by atoms with E-state index in [4.69, 9.17) is 9.72 Å².